The van der Waals surface area contributed by atoms with Gasteiger partial charge in [-0.3, -0.25) is 0 Å². The molecular formula is C15H17N3. The third-order valence-corrected chi connectivity index (χ3v) is 3.41. The van der Waals surface area contributed by atoms with Crippen LogP contribution in [0.2, 0.25) is 0 Å². The maximum Gasteiger partial charge on any atom is 0.131 e. The van der Waals surface area contributed by atoms with Gasteiger partial charge in [-0.05, 0) is 37.0 Å². The number of hydrogen-bond donors (Lipinski definition) is 1. The Hall–Kier alpha value is -1.74. The second-order valence-corrected chi connectivity index (χ2v) is 4.91. The first-order chi connectivity index (χ1) is 8.78. The van der Waals surface area contributed by atoms with E-state index in [9.17, 15) is 0 Å². The Morgan fingerprint density at radius 1 is 1.33 bits per heavy atom. The van der Waals surface area contributed by atoms with Crippen molar-refractivity contribution in [3.05, 3.63) is 47.5 Å². The molecule has 0 unspecified atom stereocenters. The molecule has 1 fully saturated rings. The van der Waals surface area contributed by atoms with Gasteiger partial charge in [-0.2, -0.15) is 0 Å². The van der Waals surface area contributed by atoms with Crippen molar-refractivity contribution in [1.82, 2.24) is 9.97 Å². The van der Waals surface area contributed by atoms with E-state index in [0.717, 1.165) is 28.2 Å². The summed E-state index contributed by atoms with van der Waals surface area (Å²) in [4.78, 5) is 9.12. The molecule has 2 N–H and O–H groups in total. The quantitative estimate of drug-likeness (QED) is 0.896. The molecule has 0 spiro atoms. The second kappa shape index (κ2) is 4.50. The van der Waals surface area contributed by atoms with E-state index < -0.39 is 0 Å². The summed E-state index contributed by atoms with van der Waals surface area (Å²) in [5.74, 6) is 1.61. The zero-order valence-corrected chi connectivity index (χ0v) is 10.6. The zero-order chi connectivity index (χ0) is 12.5. The first kappa shape index (κ1) is 11.4. The summed E-state index contributed by atoms with van der Waals surface area (Å²) < 4.78 is 0. The van der Waals surface area contributed by atoms with Gasteiger partial charge in [0, 0.05) is 29.9 Å². The Labute approximate surface area is 107 Å². The smallest absolute Gasteiger partial charge is 0.131 e. The summed E-state index contributed by atoms with van der Waals surface area (Å²) >= 11 is 0. The molecule has 92 valence electrons. The molecule has 1 aromatic carbocycles. The zero-order valence-electron chi connectivity index (χ0n) is 10.6. The molecule has 1 heterocycles. The molecule has 0 aliphatic heterocycles. The van der Waals surface area contributed by atoms with Crippen LogP contribution in [0.25, 0.3) is 11.1 Å². The van der Waals surface area contributed by atoms with E-state index in [4.69, 9.17) is 5.73 Å². The molecule has 0 bridgehead atoms. The Balaban J connectivity index is 1.99. The maximum absolute atomic E-state index is 5.68. The number of aromatic nitrogens is 2. The van der Waals surface area contributed by atoms with Crippen LogP contribution in [0.3, 0.4) is 0 Å². The third-order valence-electron chi connectivity index (χ3n) is 3.41. The molecule has 1 aliphatic rings. The monoisotopic (exact) mass is 239 g/mol. The average Bonchev–Trinajstić information content (AvgIpc) is 3.23. The largest absolute Gasteiger partial charge is 0.326 e. The standard InChI is InChI=1S/C15H17N3/c1-10-14(9-17-15(18-10)12-5-6-12)13-4-2-3-11(7-13)8-16/h2-4,7,9,12H,5-6,8,16H2,1H3. The van der Waals surface area contributed by atoms with E-state index in [-0.39, 0.29) is 0 Å². The lowest BCUT2D eigenvalue weighted by Crippen LogP contribution is -1.99. The number of benzene rings is 1. The van der Waals surface area contributed by atoms with Crippen molar-refractivity contribution in [3.63, 3.8) is 0 Å². The highest BCUT2D eigenvalue weighted by atomic mass is 14.9. The molecule has 2 aromatic rings. The van der Waals surface area contributed by atoms with Gasteiger partial charge in [-0.15, -0.1) is 0 Å². The molecule has 1 aromatic heterocycles. The molecule has 0 saturated heterocycles. The number of hydrogen-bond acceptors (Lipinski definition) is 3. The molecule has 1 saturated carbocycles. The van der Waals surface area contributed by atoms with Crippen LogP contribution in [0.4, 0.5) is 0 Å². The lowest BCUT2D eigenvalue weighted by molar-refractivity contribution is 0.908. The minimum Gasteiger partial charge on any atom is -0.326 e. The van der Waals surface area contributed by atoms with Crippen LogP contribution < -0.4 is 5.73 Å². The highest BCUT2D eigenvalue weighted by molar-refractivity contribution is 5.65. The molecule has 0 amide bonds. The molecular weight excluding hydrogens is 222 g/mol. The van der Waals surface area contributed by atoms with Crippen molar-refractivity contribution >= 4 is 0 Å². The molecule has 0 atom stereocenters. The van der Waals surface area contributed by atoms with Crippen LogP contribution in [0.1, 0.15) is 35.8 Å². The predicted molar refractivity (Wildman–Crippen MR) is 72.1 cm³/mol. The van der Waals surface area contributed by atoms with Crippen molar-refractivity contribution in [2.24, 2.45) is 5.73 Å². The van der Waals surface area contributed by atoms with Crippen molar-refractivity contribution in [2.45, 2.75) is 32.2 Å². The first-order valence-electron chi connectivity index (χ1n) is 6.41. The summed E-state index contributed by atoms with van der Waals surface area (Å²) in [7, 11) is 0. The minimum absolute atomic E-state index is 0.563. The fourth-order valence-electron chi connectivity index (χ4n) is 2.17. The van der Waals surface area contributed by atoms with Gasteiger partial charge in [0.2, 0.25) is 0 Å². The summed E-state index contributed by atoms with van der Waals surface area (Å²) in [5, 5.41) is 0. The first-order valence-corrected chi connectivity index (χ1v) is 6.41. The highest BCUT2D eigenvalue weighted by Crippen LogP contribution is 2.38. The molecule has 0 radical (unpaired) electrons. The number of rotatable bonds is 3. The summed E-state index contributed by atoms with van der Waals surface area (Å²) in [6, 6.07) is 8.27. The third kappa shape index (κ3) is 2.14. The predicted octanol–water partition coefficient (Wildman–Crippen LogP) is 2.79. The van der Waals surface area contributed by atoms with Gasteiger partial charge in [0.1, 0.15) is 5.82 Å². The van der Waals surface area contributed by atoms with Crippen molar-refractivity contribution in [2.75, 3.05) is 0 Å². The Kier molecular flexibility index (Phi) is 2.84. The lowest BCUT2D eigenvalue weighted by atomic mass is 10.0. The lowest BCUT2D eigenvalue weighted by Gasteiger charge is -2.08. The van der Waals surface area contributed by atoms with E-state index in [1.54, 1.807) is 0 Å². The van der Waals surface area contributed by atoms with Crippen molar-refractivity contribution < 1.29 is 0 Å². The summed E-state index contributed by atoms with van der Waals surface area (Å²) in [5.41, 5.74) is 10.1. The van der Waals surface area contributed by atoms with E-state index in [1.807, 2.05) is 18.3 Å². The van der Waals surface area contributed by atoms with Crippen LogP contribution >= 0.6 is 0 Å². The Bertz CT molecular complexity index is 574. The van der Waals surface area contributed by atoms with E-state index >= 15 is 0 Å². The number of nitrogens with two attached hydrogens (primary N) is 1. The number of nitrogens with zero attached hydrogens (tertiary/aromatic N) is 2. The molecule has 3 nitrogen and oxygen atoms in total. The molecule has 3 rings (SSSR count). The molecule has 18 heavy (non-hydrogen) atoms. The number of aryl methyl sites for hydroxylation is 1. The minimum atomic E-state index is 0.563. The average molecular weight is 239 g/mol. The normalized spacial score (nSPS) is 14.8. The van der Waals surface area contributed by atoms with Crippen LogP contribution in [0.5, 0.6) is 0 Å². The van der Waals surface area contributed by atoms with Crippen LogP contribution in [0, 0.1) is 6.92 Å². The van der Waals surface area contributed by atoms with Gasteiger partial charge < -0.3 is 5.73 Å². The van der Waals surface area contributed by atoms with E-state index in [1.165, 1.54) is 12.8 Å². The highest BCUT2D eigenvalue weighted by Gasteiger charge is 2.26. The van der Waals surface area contributed by atoms with Gasteiger partial charge in [-0.25, -0.2) is 9.97 Å². The maximum atomic E-state index is 5.68. The van der Waals surface area contributed by atoms with Crippen molar-refractivity contribution in [1.29, 1.82) is 0 Å². The van der Waals surface area contributed by atoms with Gasteiger partial charge in [0.25, 0.3) is 0 Å². The molecule has 1 aliphatic carbocycles. The van der Waals surface area contributed by atoms with Gasteiger partial charge in [0.15, 0.2) is 0 Å². The fraction of sp³-hybridized carbons (Fsp3) is 0.333. The topological polar surface area (TPSA) is 51.8 Å². The SMILES string of the molecule is Cc1nc(C2CC2)ncc1-c1cccc(CN)c1. The summed E-state index contributed by atoms with van der Waals surface area (Å²) in [6.07, 6.45) is 4.43. The van der Waals surface area contributed by atoms with E-state index in [0.29, 0.717) is 12.5 Å². The Morgan fingerprint density at radius 2 is 2.17 bits per heavy atom. The van der Waals surface area contributed by atoms with E-state index in [2.05, 4.69) is 29.0 Å². The van der Waals surface area contributed by atoms with Crippen LogP contribution in [-0.2, 0) is 6.54 Å². The summed E-state index contributed by atoms with van der Waals surface area (Å²) in [6.45, 7) is 2.62. The van der Waals surface area contributed by atoms with Gasteiger partial charge in [-0.1, -0.05) is 18.2 Å². The fourth-order valence-corrected chi connectivity index (χ4v) is 2.17. The van der Waals surface area contributed by atoms with Crippen LogP contribution in [0.15, 0.2) is 30.5 Å². The molecule has 3 heteroatoms. The van der Waals surface area contributed by atoms with Crippen molar-refractivity contribution in [3.8, 4) is 11.1 Å². The van der Waals surface area contributed by atoms with Gasteiger partial charge >= 0.3 is 0 Å². The second-order valence-electron chi connectivity index (χ2n) is 4.91. The Morgan fingerprint density at radius 3 is 2.83 bits per heavy atom. The van der Waals surface area contributed by atoms with Crippen LogP contribution in [-0.4, -0.2) is 9.97 Å². The van der Waals surface area contributed by atoms with Gasteiger partial charge in [0.05, 0.1) is 0 Å².